The zero-order valence-corrected chi connectivity index (χ0v) is 23.0. The third-order valence-corrected chi connectivity index (χ3v) is 7.41. The van der Waals surface area contributed by atoms with Crippen molar-refractivity contribution in [1.29, 1.82) is 0 Å². The topological polar surface area (TPSA) is 97.0 Å². The fourth-order valence-corrected chi connectivity index (χ4v) is 5.38. The number of aryl methyl sites for hydroxylation is 4. The Kier molecular flexibility index (Phi) is 6.63. The number of methoxy groups -OCH3 is 2. The van der Waals surface area contributed by atoms with E-state index in [1.165, 1.54) is 12.7 Å². The van der Waals surface area contributed by atoms with Crippen LogP contribution in [0.25, 0.3) is 22.4 Å². The zero-order chi connectivity index (χ0) is 27.8. The minimum atomic E-state index is -0.405. The molecule has 0 aliphatic heterocycles. The van der Waals surface area contributed by atoms with Crippen LogP contribution in [-0.4, -0.2) is 49.7 Å². The summed E-state index contributed by atoms with van der Waals surface area (Å²) in [6.45, 7) is 0. The summed E-state index contributed by atoms with van der Waals surface area (Å²) in [5, 5.41) is 9.20. The molecule has 0 radical (unpaired) electrons. The summed E-state index contributed by atoms with van der Waals surface area (Å²) in [7, 11) is 6.89. The van der Waals surface area contributed by atoms with Crippen molar-refractivity contribution in [2.24, 2.45) is 14.1 Å². The Bertz CT molecular complexity index is 1740. The van der Waals surface area contributed by atoms with Gasteiger partial charge in [0.25, 0.3) is 0 Å². The molecule has 0 fully saturated rings. The molecule has 0 amide bonds. The van der Waals surface area contributed by atoms with E-state index in [4.69, 9.17) is 19.6 Å². The summed E-state index contributed by atoms with van der Waals surface area (Å²) in [5.41, 5.74) is 10.1. The van der Waals surface area contributed by atoms with Gasteiger partial charge in [-0.15, -0.1) is 0 Å². The average Bonchev–Trinajstić information content (AvgIpc) is 3.55. The molecule has 0 saturated heterocycles. The molecule has 3 heterocycles. The molecule has 2 aromatic carbocycles. The molecule has 1 aliphatic carbocycles. The van der Waals surface area contributed by atoms with Crippen molar-refractivity contribution in [2.45, 2.75) is 25.7 Å². The fraction of sp³-hybridized carbons (Fsp3) is 0.258. The van der Waals surface area contributed by atoms with Crippen LogP contribution in [-0.2, 0) is 44.5 Å². The van der Waals surface area contributed by atoms with Gasteiger partial charge in [0.2, 0.25) is 0 Å². The van der Waals surface area contributed by atoms with E-state index in [1.807, 2.05) is 48.1 Å². The average molecular weight is 535 g/mol. The van der Waals surface area contributed by atoms with E-state index in [-0.39, 0.29) is 0 Å². The maximum atomic E-state index is 12.0. The van der Waals surface area contributed by atoms with E-state index in [1.54, 1.807) is 19.2 Å². The lowest BCUT2D eigenvalue weighted by Gasteiger charge is -2.17. The van der Waals surface area contributed by atoms with Crippen molar-refractivity contribution < 1.29 is 14.3 Å². The second-order valence-electron chi connectivity index (χ2n) is 10.0. The summed E-state index contributed by atoms with van der Waals surface area (Å²) in [6.07, 6.45) is 8.76. The number of aromatic nitrogens is 6. The van der Waals surface area contributed by atoms with Crippen LogP contribution in [0.1, 0.15) is 44.3 Å². The van der Waals surface area contributed by atoms with Gasteiger partial charge in [-0.25, -0.2) is 14.8 Å². The molecule has 1 aliphatic rings. The highest BCUT2D eigenvalue weighted by Gasteiger charge is 2.26. The predicted octanol–water partition coefficient (Wildman–Crippen LogP) is 4.35. The summed E-state index contributed by atoms with van der Waals surface area (Å²) < 4.78 is 14.2. The SMILES string of the molecule is COC(=O)c1ccc(Cc2ncc3c(n2)-c2c(nn(C)c2Cc2cccc(-c4cnn(C)c4)c2)CC3)c(OC)c1. The van der Waals surface area contributed by atoms with Gasteiger partial charge in [0.05, 0.1) is 43.1 Å². The van der Waals surface area contributed by atoms with Gasteiger partial charge < -0.3 is 9.47 Å². The van der Waals surface area contributed by atoms with Crippen LogP contribution < -0.4 is 4.74 Å². The highest BCUT2D eigenvalue weighted by molar-refractivity contribution is 5.90. The van der Waals surface area contributed by atoms with Gasteiger partial charge in [-0.05, 0) is 41.7 Å². The number of ether oxygens (including phenoxy) is 2. The van der Waals surface area contributed by atoms with E-state index in [0.717, 1.165) is 64.2 Å². The highest BCUT2D eigenvalue weighted by atomic mass is 16.5. The number of carbonyl (C=O) groups excluding carboxylic acids is 1. The van der Waals surface area contributed by atoms with Gasteiger partial charge in [0.1, 0.15) is 11.6 Å². The molecule has 9 nitrogen and oxygen atoms in total. The monoisotopic (exact) mass is 534 g/mol. The highest BCUT2D eigenvalue weighted by Crippen LogP contribution is 2.36. The normalized spacial score (nSPS) is 12.1. The van der Waals surface area contributed by atoms with Crippen LogP contribution in [0.2, 0.25) is 0 Å². The molecule has 0 bridgehead atoms. The number of hydrogen-bond donors (Lipinski definition) is 0. The molecule has 5 aromatic rings. The Balaban J connectivity index is 1.34. The van der Waals surface area contributed by atoms with Gasteiger partial charge in [0.15, 0.2) is 0 Å². The Morgan fingerprint density at radius 1 is 1.00 bits per heavy atom. The number of fused-ring (bicyclic) bond motifs is 3. The van der Waals surface area contributed by atoms with Crippen LogP contribution in [0.3, 0.4) is 0 Å². The molecule has 0 unspecified atom stereocenters. The predicted molar refractivity (Wildman–Crippen MR) is 150 cm³/mol. The van der Waals surface area contributed by atoms with Crippen molar-refractivity contribution >= 4 is 5.97 Å². The lowest BCUT2D eigenvalue weighted by molar-refractivity contribution is 0.0600. The first-order chi connectivity index (χ1) is 19.4. The smallest absolute Gasteiger partial charge is 0.337 e. The summed E-state index contributed by atoms with van der Waals surface area (Å²) in [6, 6.07) is 13.9. The Hall–Kier alpha value is -4.79. The van der Waals surface area contributed by atoms with E-state index >= 15 is 0 Å². The molecule has 0 saturated carbocycles. The van der Waals surface area contributed by atoms with Gasteiger partial charge in [-0.2, -0.15) is 10.2 Å². The zero-order valence-electron chi connectivity index (χ0n) is 23.0. The van der Waals surface area contributed by atoms with Crippen molar-refractivity contribution in [1.82, 2.24) is 29.5 Å². The third kappa shape index (κ3) is 4.75. The van der Waals surface area contributed by atoms with Crippen molar-refractivity contribution in [3.05, 3.63) is 101 Å². The van der Waals surface area contributed by atoms with Crippen LogP contribution in [0, 0.1) is 0 Å². The second-order valence-corrected chi connectivity index (χ2v) is 10.0. The van der Waals surface area contributed by atoms with Crippen molar-refractivity contribution in [2.75, 3.05) is 14.2 Å². The lowest BCUT2D eigenvalue weighted by Crippen LogP contribution is -2.10. The number of carbonyl (C=O) groups is 1. The number of benzene rings is 2. The van der Waals surface area contributed by atoms with E-state index in [0.29, 0.717) is 23.6 Å². The molecule has 9 heteroatoms. The van der Waals surface area contributed by atoms with E-state index in [2.05, 4.69) is 34.3 Å². The van der Waals surface area contributed by atoms with Gasteiger partial charge in [0, 0.05) is 56.0 Å². The standard InChI is InChI=1S/C31H30N6O3/c1-36-18-24(17-33-36)20-7-5-6-19(12-20)13-26-29-25(35-37(26)2)11-10-23-16-32-28(34-30(23)29)15-21-8-9-22(31(38)40-4)14-27(21)39-3/h5-9,12,14,16-18H,10-11,13,15H2,1-4H3. The molecular formula is C31H30N6O3. The number of esters is 1. The molecule has 3 aromatic heterocycles. The quantitative estimate of drug-likeness (QED) is 0.286. The largest absolute Gasteiger partial charge is 0.496 e. The summed E-state index contributed by atoms with van der Waals surface area (Å²) >= 11 is 0. The Labute approximate surface area is 232 Å². The molecule has 0 N–H and O–H groups in total. The van der Waals surface area contributed by atoms with Crippen molar-refractivity contribution in [3.8, 4) is 28.1 Å². The number of nitrogens with zero attached hydrogens (tertiary/aromatic N) is 6. The molecule has 6 rings (SSSR count). The Morgan fingerprint density at radius 3 is 2.65 bits per heavy atom. The minimum Gasteiger partial charge on any atom is -0.496 e. The van der Waals surface area contributed by atoms with Gasteiger partial charge in [-0.3, -0.25) is 9.36 Å². The maximum absolute atomic E-state index is 12.0. The maximum Gasteiger partial charge on any atom is 0.337 e. The molecule has 202 valence electrons. The summed E-state index contributed by atoms with van der Waals surface area (Å²) in [4.78, 5) is 21.7. The number of hydrogen-bond acceptors (Lipinski definition) is 7. The fourth-order valence-electron chi connectivity index (χ4n) is 5.38. The Morgan fingerprint density at radius 2 is 1.88 bits per heavy atom. The first-order valence-corrected chi connectivity index (χ1v) is 13.2. The minimum absolute atomic E-state index is 0.405. The van der Waals surface area contributed by atoms with Crippen LogP contribution in [0.5, 0.6) is 5.75 Å². The lowest BCUT2D eigenvalue weighted by atomic mass is 9.91. The third-order valence-electron chi connectivity index (χ3n) is 7.41. The van der Waals surface area contributed by atoms with E-state index < -0.39 is 5.97 Å². The van der Waals surface area contributed by atoms with Gasteiger partial charge >= 0.3 is 5.97 Å². The van der Waals surface area contributed by atoms with Crippen molar-refractivity contribution in [3.63, 3.8) is 0 Å². The van der Waals surface area contributed by atoms with E-state index in [9.17, 15) is 4.79 Å². The number of rotatable bonds is 7. The first kappa shape index (κ1) is 25.5. The van der Waals surface area contributed by atoms with Gasteiger partial charge in [-0.1, -0.05) is 30.3 Å². The molecule has 0 spiro atoms. The van der Waals surface area contributed by atoms with Crippen LogP contribution in [0.15, 0.2) is 61.1 Å². The first-order valence-electron chi connectivity index (χ1n) is 13.2. The molecule has 40 heavy (non-hydrogen) atoms. The second kappa shape index (κ2) is 10.4. The van der Waals surface area contributed by atoms with Crippen LogP contribution in [0.4, 0.5) is 0 Å². The molecule has 0 atom stereocenters. The summed E-state index contributed by atoms with van der Waals surface area (Å²) in [5.74, 6) is 0.877. The van der Waals surface area contributed by atoms with Crippen LogP contribution >= 0.6 is 0 Å². The molecular weight excluding hydrogens is 504 g/mol.